The molecule has 0 aromatic heterocycles. The quantitative estimate of drug-likeness (QED) is 0.749. The monoisotopic (exact) mass is 213 g/mol. The lowest BCUT2D eigenvalue weighted by molar-refractivity contribution is -0.132. The highest BCUT2D eigenvalue weighted by Gasteiger charge is 2.43. The first-order chi connectivity index (χ1) is 6.85. The lowest BCUT2D eigenvalue weighted by atomic mass is 9.65. The van der Waals surface area contributed by atoms with Crippen molar-refractivity contribution in [2.75, 3.05) is 0 Å². The van der Waals surface area contributed by atoms with Crippen molar-refractivity contribution in [2.24, 2.45) is 23.5 Å². The van der Waals surface area contributed by atoms with E-state index in [4.69, 9.17) is 5.73 Å². The van der Waals surface area contributed by atoms with Gasteiger partial charge in [0, 0.05) is 0 Å². The summed E-state index contributed by atoms with van der Waals surface area (Å²) < 4.78 is 0. The van der Waals surface area contributed by atoms with E-state index in [0.717, 1.165) is 12.8 Å². The van der Waals surface area contributed by atoms with Crippen LogP contribution in [0.2, 0.25) is 0 Å². The van der Waals surface area contributed by atoms with Crippen LogP contribution in [-0.4, -0.2) is 16.6 Å². The Labute approximate surface area is 92.0 Å². The molecule has 0 aromatic carbocycles. The summed E-state index contributed by atoms with van der Waals surface area (Å²) in [7, 11) is 0. The summed E-state index contributed by atoms with van der Waals surface area (Å²) >= 11 is 0. The Hall–Kier alpha value is -0.570. The second-order valence-corrected chi connectivity index (χ2v) is 5.48. The van der Waals surface area contributed by atoms with Gasteiger partial charge in [-0.25, -0.2) is 0 Å². The average Bonchev–Trinajstić information content (AvgIpc) is 1.99. The Balaban J connectivity index is 2.80. The van der Waals surface area contributed by atoms with Gasteiger partial charge in [0.2, 0.25) is 5.91 Å². The summed E-state index contributed by atoms with van der Waals surface area (Å²) in [4.78, 5) is 11.0. The standard InChI is InChI=1S/C12H23NO2/c1-8(2)10-5-4-9(3)6-12(10,15)7-11(13)14/h8-10,15H,4-7H2,1-3H3,(H2,13,14)/t9-,10?,12-/m1/s1. The fourth-order valence-corrected chi connectivity index (χ4v) is 3.05. The fraction of sp³-hybridized carbons (Fsp3) is 0.917. The van der Waals surface area contributed by atoms with Crippen molar-refractivity contribution >= 4 is 5.91 Å². The molecule has 3 nitrogen and oxygen atoms in total. The van der Waals surface area contributed by atoms with E-state index in [1.54, 1.807) is 0 Å². The maximum absolute atomic E-state index is 11.0. The minimum absolute atomic E-state index is 0.111. The second-order valence-electron chi connectivity index (χ2n) is 5.48. The summed E-state index contributed by atoms with van der Waals surface area (Å²) in [5.74, 6) is 0.713. The Bertz CT molecular complexity index is 240. The van der Waals surface area contributed by atoms with Crippen molar-refractivity contribution < 1.29 is 9.90 Å². The minimum atomic E-state index is -0.863. The van der Waals surface area contributed by atoms with Gasteiger partial charge in [0.1, 0.15) is 0 Å². The third kappa shape index (κ3) is 2.94. The fourth-order valence-electron chi connectivity index (χ4n) is 3.05. The van der Waals surface area contributed by atoms with Gasteiger partial charge in [0.25, 0.3) is 0 Å². The minimum Gasteiger partial charge on any atom is -0.389 e. The van der Waals surface area contributed by atoms with Crippen molar-refractivity contribution in [3.8, 4) is 0 Å². The molecule has 0 aliphatic heterocycles. The van der Waals surface area contributed by atoms with E-state index >= 15 is 0 Å². The van der Waals surface area contributed by atoms with Crippen molar-refractivity contribution in [2.45, 2.75) is 52.1 Å². The Morgan fingerprint density at radius 1 is 1.53 bits per heavy atom. The molecule has 0 aromatic rings. The van der Waals surface area contributed by atoms with E-state index in [2.05, 4.69) is 20.8 Å². The maximum Gasteiger partial charge on any atom is 0.220 e. The number of hydrogen-bond donors (Lipinski definition) is 2. The second kappa shape index (κ2) is 4.52. The molecular formula is C12H23NO2. The zero-order valence-electron chi connectivity index (χ0n) is 9.99. The molecule has 0 radical (unpaired) electrons. The van der Waals surface area contributed by atoms with E-state index < -0.39 is 11.5 Å². The molecule has 0 bridgehead atoms. The van der Waals surface area contributed by atoms with Crippen LogP contribution in [0.4, 0.5) is 0 Å². The topological polar surface area (TPSA) is 63.3 Å². The number of rotatable bonds is 3. The summed E-state index contributed by atoms with van der Waals surface area (Å²) in [6, 6.07) is 0. The molecule has 1 saturated carbocycles. The van der Waals surface area contributed by atoms with Gasteiger partial charge < -0.3 is 10.8 Å². The molecule has 0 saturated heterocycles. The normalized spacial score (nSPS) is 36.9. The van der Waals surface area contributed by atoms with Gasteiger partial charge in [-0.2, -0.15) is 0 Å². The molecular weight excluding hydrogens is 190 g/mol. The van der Waals surface area contributed by atoms with Gasteiger partial charge >= 0.3 is 0 Å². The molecule has 1 fully saturated rings. The number of nitrogens with two attached hydrogens (primary N) is 1. The molecule has 0 spiro atoms. The lowest BCUT2D eigenvalue weighted by Crippen LogP contribution is -2.47. The maximum atomic E-state index is 11.0. The van der Waals surface area contributed by atoms with Crippen LogP contribution in [0.15, 0.2) is 0 Å². The van der Waals surface area contributed by atoms with Gasteiger partial charge in [-0.15, -0.1) is 0 Å². The van der Waals surface area contributed by atoms with Gasteiger partial charge in [0.05, 0.1) is 12.0 Å². The van der Waals surface area contributed by atoms with Crippen molar-refractivity contribution in [1.82, 2.24) is 0 Å². The highest BCUT2D eigenvalue weighted by molar-refractivity contribution is 5.75. The highest BCUT2D eigenvalue weighted by Crippen LogP contribution is 2.42. The lowest BCUT2D eigenvalue weighted by Gasteiger charge is -2.44. The molecule has 1 rings (SSSR count). The smallest absolute Gasteiger partial charge is 0.220 e. The number of hydrogen-bond acceptors (Lipinski definition) is 2. The molecule has 1 aliphatic rings. The SMILES string of the molecule is CC(C)C1CC[C@@H](C)C[C@@]1(O)CC(N)=O. The van der Waals surface area contributed by atoms with E-state index in [9.17, 15) is 9.90 Å². The first-order valence-electron chi connectivity index (χ1n) is 5.86. The van der Waals surface area contributed by atoms with Crippen LogP contribution >= 0.6 is 0 Å². The third-order valence-corrected chi connectivity index (χ3v) is 3.65. The highest BCUT2D eigenvalue weighted by atomic mass is 16.3. The molecule has 3 heteroatoms. The van der Waals surface area contributed by atoms with E-state index in [0.29, 0.717) is 18.3 Å². The average molecular weight is 213 g/mol. The molecule has 88 valence electrons. The Morgan fingerprint density at radius 3 is 2.60 bits per heavy atom. The van der Waals surface area contributed by atoms with Crippen LogP contribution in [0.3, 0.4) is 0 Å². The molecule has 3 atom stereocenters. The summed E-state index contributed by atoms with van der Waals surface area (Å²) in [5.41, 5.74) is 4.35. The van der Waals surface area contributed by atoms with Gasteiger partial charge in [0.15, 0.2) is 0 Å². The van der Waals surface area contributed by atoms with Crippen LogP contribution in [0.25, 0.3) is 0 Å². The van der Waals surface area contributed by atoms with Crippen LogP contribution in [0.5, 0.6) is 0 Å². The molecule has 15 heavy (non-hydrogen) atoms. The summed E-state index contributed by atoms with van der Waals surface area (Å²) in [6.07, 6.45) is 2.96. The zero-order valence-corrected chi connectivity index (χ0v) is 9.99. The third-order valence-electron chi connectivity index (χ3n) is 3.65. The number of carbonyl (C=O) groups excluding carboxylic acids is 1. The molecule has 0 heterocycles. The molecule has 1 aliphatic carbocycles. The summed E-state index contributed by atoms with van der Waals surface area (Å²) in [5, 5.41) is 10.5. The first kappa shape index (κ1) is 12.5. The van der Waals surface area contributed by atoms with Crippen LogP contribution in [0, 0.1) is 17.8 Å². The van der Waals surface area contributed by atoms with Crippen molar-refractivity contribution in [1.29, 1.82) is 0 Å². The van der Waals surface area contributed by atoms with E-state index in [1.165, 1.54) is 0 Å². The van der Waals surface area contributed by atoms with Crippen molar-refractivity contribution in [3.05, 3.63) is 0 Å². The van der Waals surface area contributed by atoms with Gasteiger partial charge in [-0.1, -0.05) is 27.2 Å². The van der Waals surface area contributed by atoms with Crippen LogP contribution in [-0.2, 0) is 4.79 Å². The zero-order chi connectivity index (χ0) is 11.6. The van der Waals surface area contributed by atoms with Gasteiger partial charge in [-0.3, -0.25) is 4.79 Å². The number of aliphatic hydroxyl groups is 1. The predicted molar refractivity (Wildman–Crippen MR) is 60.1 cm³/mol. The number of carbonyl (C=O) groups is 1. The number of primary amides is 1. The van der Waals surface area contributed by atoms with E-state index in [1.807, 2.05) is 0 Å². The van der Waals surface area contributed by atoms with Gasteiger partial charge in [-0.05, 0) is 30.6 Å². The molecule has 3 N–H and O–H groups in total. The Morgan fingerprint density at radius 2 is 2.13 bits per heavy atom. The first-order valence-corrected chi connectivity index (χ1v) is 5.86. The Kier molecular flexibility index (Phi) is 3.77. The molecule has 1 amide bonds. The van der Waals surface area contributed by atoms with Crippen LogP contribution < -0.4 is 5.73 Å². The van der Waals surface area contributed by atoms with Crippen LogP contribution in [0.1, 0.15) is 46.5 Å². The van der Waals surface area contributed by atoms with Crippen molar-refractivity contribution in [3.63, 3.8) is 0 Å². The predicted octanol–water partition coefficient (Wildman–Crippen LogP) is 1.69. The number of amides is 1. The summed E-state index contributed by atoms with van der Waals surface area (Å²) in [6.45, 7) is 6.34. The largest absolute Gasteiger partial charge is 0.389 e. The molecule has 1 unspecified atom stereocenters. The van der Waals surface area contributed by atoms with E-state index in [-0.39, 0.29) is 12.3 Å².